The van der Waals surface area contributed by atoms with Crippen LogP contribution in [0, 0.1) is 11.3 Å². The van der Waals surface area contributed by atoms with Crippen molar-refractivity contribution in [1.29, 1.82) is 0 Å². The Balaban J connectivity index is 1.84. The number of nitrogens with one attached hydrogen (secondary N) is 1. The summed E-state index contributed by atoms with van der Waals surface area (Å²) in [5.74, 6) is 0.654. The molecule has 0 amide bonds. The Morgan fingerprint density at radius 3 is 3.00 bits per heavy atom. The highest BCUT2D eigenvalue weighted by Crippen LogP contribution is 2.43. The van der Waals surface area contributed by atoms with Crippen molar-refractivity contribution < 1.29 is 9.53 Å². The second-order valence-electron chi connectivity index (χ2n) is 6.29. The molecule has 5 heteroatoms. The van der Waals surface area contributed by atoms with Gasteiger partial charge >= 0.3 is 5.97 Å². The van der Waals surface area contributed by atoms with Gasteiger partial charge in [-0.2, -0.15) is 0 Å². The molecule has 3 rings (SSSR count). The Morgan fingerprint density at radius 2 is 2.33 bits per heavy atom. The van der Waals surface area contributed by atoms with Gasteiger partial charge in [0.2, 0.25) is 0 Å². The fraction of sp³-hybridized carbons (Fsp3) is 0.846. The first-order valence-corrected chi connectivity index (χ1v) is 6.74. The minimum absolute atomic E-state index is 0.00326. The molecule has 3 aliphatic heterocycles. The topological polar surface area (TPSA) is 76.7 Å². The lowest BCUT2D eigenvalue weighted by Gasteiger charge is -2.26. The monoisotopic (exact) mass is 251 g/mol. The van der Waals surface area contributed by atoms with Crippen LogP contribution in [0.3, 0.4) is 0 Å². The van der Waals surface area contributed by atoms with E-state index in [9.17, 15) is 4.79 Å². The van der Waals surface area contributed by atoms with Crippen molar-refractivity contribution in [2.45, 2.75) is 57.8 Å². The fourth-order valence-corrected chi connectivity index (χ4v) is 3.14. The van der Waals surface area contributed by atoms with Gasteiger partial charge in [-0.25, -0.2) is 0 Å². The van der Waals surface area contributed by atoms with Crippen molar-refractivity contribution >= 4 is 11.8 Å². The molecule has 5 nitrogen and oxygen atoms in total. The average Bonchev–Trinajstić information content (AvgIpc) is 2.93. The summed E-state index contributed by atoms with van der Waals surface area (Å²) in [6.45, 7) is 6.29. The van der Waals surface area contributed by atoms with Crippen LogP contribution in [-0.4, -0.2) is 36.0 Å². The number of carbonyl (C=O) groups excluding carboxylic acids is 1. The third-order valence-corrected chi connectivity index (χ3v) is 4.87. The molecular formula is C13H21N3O2. The molecule has 3 saturated heterocycles. The average molecular weight is 251 g/mol. The maximum Gasteiger partial charge on any atom is 0.311 e. The van der Waals surface area contributed by atoms with Gasteiger partial charge in [0.1, 0.15) is 12.1 Å². The lowest BCUT2D eigenvalue weighted by atomic mass is 9.85. The SMILES string of the molecule is CCC(C)(C)C(N)=NC1C2CC3C(=O)OC1C3N2. The quantitative estimate of drug-likeness (QED) is 0.433. The standard InChI is InChI=1S/C13H21N3O2/c1-4-13(2,3)12(14)16-9-7-5-6-8(15-7)10(9)18-11(6)17/h6-10,15H,4-5H2,1-3H3,(H2,14,16). The number of carbonyl (C=O) groups is 1. The first-order valence-electron chi connectivity index (χ1n) is 6.74. The van der Waals surface area contributed by atoms with Gasteiger partial charge in [0.25, 0.3) is 0 Å². The van der Waals surface area contributed by atoms with E-state index in [1.165, 1.54) is 0 Å². The number of aliphatic imine (C=N–C) groups is 1. The molecule has 0 radical (unpaired) electrons. The molecule has 18 heavy (non-hydrogen) atoms. The number of ether oxygens (including phenoxy) is 1. The van der Waals surface area contributed by atoms with Gasteiger partial charge in [0.05, 0.1) is 17.8 Å². The van der Waals surface area contributed by atoms with Crippen LogP contribution >= 0.6 is 0 Å². The number of nitrogens with two attached hydrogens (primary N) is 1. The number of hydrogen-bond acceptors (Lipinski definition) is 4. The molecule has 5 unspecified atom stereocenters. The van der Waals surface area contributed by atoms with E-state index in [2.05, 4.69) is 31.1 Å². The zero-order chi connectivity index (χ0) is 13.1. The minimum Gasteiger partial charge on any atom is -0.458 e. The summed E-state index contributed by atoms with van der Waals surface area (Å²) in [5, 5.41) is 3.44. The Morgan fingerprint density at radius 1 is 1.61 bits per heavy atom. The lowest BCUT2D eigenvalue weighted by molar-refractivity contribution is -0.143. The van der Waals surface area contributed by atoms with Gasteiger partial charge in [0.15, 0.2) is 0 Å². The summed E-state index contributed by atoms with van der Waals surface area (Å²) in [5.41, 5.74) is 6.03. The maximum atomic E-state index is 11.6. The minimum atomic E-state index is -0.104. The molecule has 2 bridgehead atoms. The van der Waals surface area contributed by atoms with Crippen molar-refractivity contribution in [1.82, 2.24) is 5.32 Å². The van der Waals surface area contributed by atoms with Crippen molar-refractivity contribution in [2.24, 2.45) is 22.1 Å². The van der Waals surface area contributed by atoms with E-state index in [-0.39, 0.29) is 41.5 Å². The smallest absolute Gasteiger partial charge is 0.311 e. The van der Waals surface area contributed by atoms with Crippen LogP contribution in [0.5, 0.6) is 0 Å². The van der Waals surface area contributed by atoms with Crippen LogP contribution in [0.2, 0.25) is 0 Å². The molecule has 0 aromatic carbocycles. The van der Waals surface area contributed by atoms with E-state index in [1.807, 2.05) is 0 Å². The highest BCUT2D eigenvalue weighted by atomic mass is 16.6. The van der Waals surface area contributed by atoms with Crippen molar-refractivity contribution in [3.8, 4) is 0 Å². The van der Waals surface area contributed by atoms with Gasteiger partial charge in [-0.05, 0) is 12.8 Å². The molecule has 3 heterocycles. The Labute approximate surface area is 107 Å². The Bertz CT molecular complexity index is 418. The van der Waals surface area contributed by atoms with Crippen molar-refractivity contribution in [3.63, 3.8) is 0 Å². The molecule has 100 valence electrons. The molecule has 5 atom stereocenters. The molecule has 0 saturated carbocycles. The largest absolute Gasteiger partial charge is 0.458 e. The predicted molar refractivity (Wildman–Crippen MR) is 68.2 cm³/mol. The predicted octanol–water partition coefficient (Wildman–Crippen LogP) is 0.434. The van der Waals surface area contributed by atoms with Crippen LogP contribution < -0.4 is 11.1 Å². The Hall–Kier alpha value is -1.10. The number of nitrogens with zero attached hydrogens (tertiary/aromatic N) is 1. The van der Waals surface area contributed by atoms with Gasteiger partial charge < -0.3 is 15.8 Å². The van der Waals surface area contributed by atoms with Gasteiger partial charge in [0, 0.05) is 11.5 Å². The fourth-order valence-electron chi connectivity index (χ4n) is 3.14. The molecule has 0 aromatic rings. The van der Waals surface area contributed by atoms with E-state index in [1.54, 1.807) is 0 Å². The molecule has 0 aromatic heterocycles. The summed E-state index contributed by atoms with van der Waals surface area (Å²) < 4.78 is 5.43. The second-order valence-corrected chi connectivity index (χ2v) is 6.29. The number of esters is 1. The first kappa shape index (κ1) is 12.0. The molecule has 3 N–H and O–H groups in total. The molecule has 3 fully saturated rings. The van der Waals surface area contributed by atoms with E-state index < -0.39 is 0 Å². The summed E-state index contributed by atoms with van der Waals surface area (Å²) in [4.78, 5) is 16.3. The normalized spacial score (nSPS) is 42.5. The van der Waals surface area contributed by atoms with Gasteiger partial charge in [-0.3, -0.25) is 9.79 Å². The van der Waals surface area contributed by atoms with E-state index in [0.717, 1.165) is 12.8 Å². The third-order valence-electron chi connectivity index (χ3n) is 4.87. The number of hydrogen-bond donors (Lipinski definition) is 2. The van der Waals surface area contributed by atoms with Gasteiger partial charge in [-0.1, -0.05) is 20.8 Å². The molecule has 0 spiro atoms. The highest BCUT2D eigenvalue weighted by molar-refractivity contribution is 5.86. The number of amidine groups is 1. The summed E-state index contributed by atoms with van der Waals surface area (Å²) in [7, 11) is 0. The van der Waals surface area contributed by atoms with Crippen molar-refractivity contribution in [3.05, 3.63) is 0 Å². The van der Waals surface area contributed by atoms with E-state index >= 15 is 0 Å². The number of fused-ring (bicyclic) bond motifs is 1. The second kappa shape index (κ2) is 3.70. The van der Waals surface area contributed by atoms with Crippen LogP contribution in [0.1, 0.15) is 33.6 Å². The van der Waals surface area contributed by atoms with E-state index in [4.69, 9.17) is 10.5 Å². The Kier molecular flexibility index (Phi) is 2.46. The van der Waals surface area contributed by atoms with Crippen LogP contribution in [0.4, 0.5) is 0 Å². The maximum absolute atomic E-state index is 11.6. The summed E-state index contributed by atoms with van der Waals surface area (Å²) in [6.07, 6.45) is 1.69. The van der Waals surface area contributed by atoms with Crippen LogP contribution in [-0.2, 0) is 9.53 Å². The lowest BCUT2D eigenvalue weighted by Crippen LogP contribution is -2.40. The van der Waals surface area contributed by atoms with Gasteiger partial charge in [-0.15, -0.1) is 0 Å². The molecule has 3 aliphatic rings. The summed E-state index contributed by atoms with van der Waals surface area (Å²) >= 11 is 0. The molecular weight excluding hydrogens is 230 g/mol. The highest BCUT2D eigenvalue weighted by Gasteiger charge is 2.62. The van der Waals surface area contributed by atoms with Crippen LogP contribution in [0.25, 0.3) is 0 Å². The van der Waals surface area contributed by atoms with Crippen LogP contribution in [0.15, 0.2) is 4.99 Å². The zero-order valence-corrected chi connectivity index (χ0v) is 11.1. The zero-order valence-electron chi connectivity index (χ0n) is 11.1. The van der Waals surface area contributed by atoms with Crippen molar-refractivity contribution in [2.75, 3.05) is 0 Å². The third kappa shape index (κ3) is 1.49. The first-order chi connectivity index (χ1) is 8.44. The number of rotatable bonds is 3. The van der Waals surface area contributed by atoms with E-state index in [0.29, 0.717) is 5.84 Å². The molecule has 0 aliphatic carbocycles. The summed E-state index contributed by atoms with van der Waals surface area (Å²) in [6, 6.07) is 0.417.